The van der Waals surface area contributed by atoms with Crippen molar-refractivity contribution in [2.24, 2.45) is 11.8 Å². The fourth-order valence-corrected chi connectivity index (χ4v) is 1.87. The highest BCUT2D eigenvalue weighted by atomic mass is 16.3. The Kier molecular flexibility index (Phi) is 5.53. The van der Waals surface area contributed by atoms with Crippen molar-refractivity contribution in [1.29, 1.82) is 0 Å². The Morgan fingerprint density at radius 1 is 1.62 bits per heavy atom. The molecule has 0 aromatic carbocycles. The standard InChI is InChI=1S/C13H23NO2/c1-3-10(2)12(15)9-14-13(16)8-11-6-4-5-7-11/h4,6,10-12,15H,3,5,7-9H2,1-2H3,(H,14,16). The Morgan fingerprint density at radius 3 is 2.94 bits per heavy atom. The Hall–Kier alpha value is -0.830. The van der Waals surface area contributed by atoms with E-state index in [4.69, 9.17) is 0 Å². The highest BCUT2D eigenvalue weighted by Gasteiger charge is 2.16. The van der Waals surface area contributed by atoms with Crippen LogP contribution in [-0.4, -0.2) is 23.7 Å². The van der Waals surface area contributed by atoms with E-state index in [1.54, 1.807) is 0 Å². The van der Waals surface area contributed by atoms with Gasteiger partial charge in [-0.3, -0.25) is 4.79 Å². The lowest BCUT2D eigenvalue weighted by molar-refractivity contribution is -0.122. The van der Waals surface area contributed by atoms with Crippen molar-refractivity contribution in [2.45, 2.75) is 45.6 Å². The van der Waals surface area contributed by atoms with Gasteiger partial charge in [-0.1, -0.05) is 32.4 Å². The second kappa shape index (κ2) is 6.69. The van der Waals surface area contributed by atoms with Crippen LogP contribution in [-0.2, 0) is 4.79 Å². The molecule has 0 saturated heterocycles. The molecule has 0 aliphatic heterocycles. The smallest absolute Gasteiger partial charge is 0.220 e. The number of nitrogens with one attached hydrogen (secondary N) is 1. The van der Waals surface area contributed by atoms with Crippen LogP contribution < -0.4 is 5.32 Å². The van der Waals surface area contributed by atoms with Crippen molar-refractivity contribution in [1.82, 2.24) is 5.32 Å². The number of amides is 1. The monoisotopic (exact) mass is 225 g/mol. The van der Waals surface area contributed by atoms with Crippen molar-refractivity contribution < 1.29 is 9.90 Å². The third-order valence-electron chi connectivity index (χ3n) is 3.37. The maximum Gasteiger partial charge on any atom is 0.220 e. The highest BCUT2D eigenvalue weighted by Crippen LogP contribution is 2.19. The first-order valence-electron chi connectivity index (χ1n) is 6.25. The Labute approximate surface area is 97.9 Å². The lowest BCUT2D eigenvalue weighted by Gasteiger charge is -2.18. The number of hydrogen-bond donors (Lipinski definition) is 2. The average molecular weight is 225 g/mol. The first-order valence-corrected chi connectivity index (χ1v) is 6.25. The predicted octanol–water partition coefficient (Wildman–Crippen LogP) is 1.87. The molecule has 0 spiro atoms. The molecular formula is C13H23NO2. The summed E-state index contributed by atoms with van der Waals surface area (Å²) in [6.07, 6.45) is 7.49. The topological polar surface area (TPSA) is 49.3 Å². The van der Waals surface area contributed by atoms with Crippen molar-refractivity contribution >= 4 is 5.91 Å². The normalized spacial score (nSPS) is 23.1. The fourth-order valence-electron chi connectivity index (χ4n) is 1.87. The zero-order valence-corrected chi connectivity index (χ0v) is 10.3. The lowest BCUT2D eigenvalue weighted by Crippen LogP contribution is -2.35. The summed E-state index contributed by atoms with van der Waals surface area (Å²) >= 11 is 0. The molecule has 0 aromatic rings. The van der Waals surface area contributed by atoms with Crippen LogP contribution in [0.15, 0.2) is 12.2 Å². The Balaban J connectivity index is 2.16. The molecule has 1 amide bonds. The summed E-state index contributed by atoms with van der Waals surface area (Å²) in [6.45, 7) is 4.42. The van der Waals surface area contributed by atoms with Crippen molar-refractivity contribution in [3.8, 4) is 0 Å². The van der Waals surface area contributed by atoms with Crippen molar-refractivity contribution in [2.75, 3.05) is 6.54 Å². The zero-order valence-electron chi connectivity index (χ0n) is 10.3. The maximum atomic E-state index is 11.6. The molecule has 0 bridgehead atoms. The van der Waals surface area contributed by atoms with Crippen molar-refractivity contribution in [3.63, 3.8) is 0 Å². The summed E-state index contributed by atoms with van der Waals surface area (Å²) < 4.78 is 0. The van der Waals surface area contributed by atoms with Gasteiger partial charge >= 0.3 is 0 Å². The molecule has 0 saturated carbocycles. The molecule has 0 heterocycles. The van der Waals surface area contributed by atoms with E-state index >= 15 is 0 Å². The third kappa shape index (κ3) is 4.35. The van der Waals surface area contributed by atoms with Crippen LogP contribution in [0, 0.1) is 11.8 Å². The maximum absolute atomic E-state index is 11.6. The van der Waals surface area contributed by atoms with Gasteiger partial charge in [0.05, 0.1) is 6.10 Å². The van der Waals surface area contributed by atoms with Gasteiger partial charge in [-0.15, -0.1) is 0 Å². The van der Waals surface area contributed by atoms with E-state index < -0.39 is 6.10 Å². The zero-order chi connectivity index (χ0) is 12.0. The minimum Gasteiger partial charge on any atom is -0.391 e. The van der Waals surface area contributed by atoms with E-state index in [0.29, 0.717) is 18.9 Å². The number of hydrogen-bond acceptors (Lipinski definition) is 2. The van der Waals surface area contributed by atoms with Crippen LogP contribution >= 0.6 is 0 Å². The number of carbonyl (C=O) groups is 1. The molecule has 0 radical (unpaired) electrons. The molecule has 3 nitrogen and oxygen atoms in total. The van der Waals surface area contributed by atoms with Crippen LogP contribution in [0.2, 0.25) is 0 Å². The van der Waals surface area contributed by atoms with Gasteiger partial charge in [0.25, 0.3) is 0 Å². The minimum atomic E-state index is -0.423. The number of aliphatic hydroxyl groups is 1. The van der Waals surface area contributed by atoms with Gasteiger partial charge in [-0.05, 0) is 24.7 Å². The molecule has 0 fully saturated rings. The Bertz CT molecular complexity index is 250. The van der Waals surface area contributed by atoms with Gasteiger partial charge in [-0.25, -0.2) is 0 Å². The van der Waals surface area contributed by atoms with Gasteiger partial charge in [0.2, 0.25) is 5.91 Å². The lowest BCUT2D eigenvalue weighted by atomic mass is 10.0. The number of carbonyl (C=O) groups excluding carboxylic acids is 1. The second-order valence-electron chi connectivity index (χ2n) is 4.73. The molecule has 3 atom stereocenters. The summed E-state index contributed by atoms with van der Waals surface area (Å²) in [5.74, 6) is 0.700. The van der Waals surface area contributed by atoms with E-state index in [1.165, 1.54) is 0 Å². The van der Waals surface area contributed by atoms with Gasteiger partial charge in [0.15, 0.2) is 0 Å². The first-order chi connectivity index (χ1) is 7.63. The number of allylic oxidation sites excluding steroid dienone is 2. The van der Waals surface area contributed by atoms with Crippen LogP contribution in [0.5, 0.6) is 0 Å². The fraction of sp³-hybridized carbons (Fsp3) is 0.769. The number of aliphatic hydroxyl groups excluding tert-OH is 1. The summed E-state index contributed by atoms with van der Waals surface area (Å²) in [5.41, 5.74) is 0. The molecule has 1 rings (SSSR count). The summed E-state index contributed by atoms with van der Waals surface area (Å²) in [6, 6.07) is 0. The van der Waals surface area contributed by atoms with E-state index in [9.17, 15) is 9.90 Å². The molecular weight excluding hydrogens is 202 g/mol. The molecule has 3 unspecified atom stereocenters. The van der Waals surface area contributed by atoms with E-state index in [2.05, 4.69) is 17.5 Å². The average Bonchev–Trinajstić information content (AvgIpc) is 2.77. The molecule has 3 heteroatoms. The molecule has 2 N–H and O–H groups in total. The van der Waals surface area contributed by atoms with E-state index in [0.717, 1.165) is 19.3 Å². The number of rotatable bonds is 6. The summed E-state index contributed by atoms with van der Waals surface area (Å²) in [5, 5.41) is 12.5. The van der Waals surface area contributed by atoms with Gasteiger partial charge < -0.3 is 10.4 Å². The first kappa shape index (κ1) is 13.2. The molecule has 16 heavy (non-hydrogen) atoms. The highest BCUT2D eigenvalue weighted by molar-refractivity contribution is 5.76. The predicted molar refractivity (Wildman–Crippen MR) is 65.0 cm³/mol. The van der Waals surface area contributed by atoms with Gasteiger partial charge in [0.1, 0.15) is 0 Å². The van der Waals surface area contributed by atoms with E-state index in [-0.39, 0.29) is 11.8 Å². The largest absolute Gasteiger partial charge is 0.391 e. The molecule has 92 valence electrons. The third-order valence-corrected chi connectivity index (χ3v) is 3.37. The second-order valence-corrected chi connectivity index (χ2v) is 4.73. The SMILES string of the molecule is CCC(C)C(O)CNC(=O)CC1C=CCC1. The quantitative estimate of drug-likeness (QED) is 0.678. The van der Waals surface area contributed by atoms with Gasteiger partial charge in [0, 0.05) is 13.0 Å². The summed E-state index contributed by atoms with van der Waals surface area (Å²) in [7, 11) is 0. The van der Waals surface area contributed by atoms with E-state index in [1.807, 2.05) is 13.8 Å². The summed E-state index contributed by atoms with van der Waals surface area (Å²) in [4.78, 5) is 11.6. The van der Waals surface area contributed by atoms with Crippen LogP contribution in [0.25, 0.3) is 0 Å². The molecule has 1 aliphatic carbocycles. The van der Waals surface area contributed by atoms with Crippen LogP contribution in [0.1, 0.15) is 39.5 Å². The van der Waals surface area contributed by atoms with Crippen LogP contribution in [0.3, 0.4) is 0 Å². The Morgan fingerprint density at radius 2 is 2.38 bits per heavy atom. The molecule has 0 aromatic heterocycles. The van der Waals surface area contributed by atoms with Crippen LogP contribution in [0.4, 0.5) is 0 Å². The molecule has 1 aliphatic rings. The minimum absolute atomic E-state index is 0.0545. The van der Waals surface area contributed by atoms with Gasteiger partial charge in [-0.2, -0.15) is 0 Å². The van der Waals surface area contributed by atoms with Crippen molar-refractivity contribution in [3.05, 3.63) is 12.2 Å².